The smallest absolute Gasteiger partial charge is 0.227 e. The minimum absolute atomic E-state index is 0.0676. The van der Waals surface area contributed by atoms with Gasteiger partial charge >= 0.3 is 0 Å². The number of likely N-dealkylation sites (N-methyl/N-ethyl adjacent to an activating group) is 1. The van der Waals surface area contributed by atoms with Crippen LogP contribution in [0.3, 0.4) is 0 Å². The van der Waals surface area contributed by atoms with Gasteiger partial charge < -0.3 is 10.6 Å². The Bertz CT molecular complexity index is 596. The first-order valence-corrected chi connectivity index (χ1v) is 6.38. The van der Waals surface area contributed by atoms with Crippen LogP contribution >= 0.6 is 0 Å². The molecule has 0 bridgehead atoms. The first-order valence-electron chi connectivity index (χ1n) is 6.38. The van der Waals surface area contributed by atoms with Gasteiger partial charge in [0, 0.05) is 19.3 Å². The van der Waals surface area contributed by atoms with Crippen LogP contribution in [0.2, 0.25) is 0 Å². The number of anilines is 1. The molecule has 3 nitrogen and oxygen atoms in total. The number of carbonyl (C=O) groups excluding carboxylic acids is 1. The molecule has 2 aromatic rings. The SMILES string of the molecule is CN(Cc1ccc(N)cc1)C(=O)Cc1ccccc1F. The minimum atomic E-state index is -0.346. The normalized spacial score (nSPS) is 10.3. The third-order valence-corrected chi connectivity index (χ3v) is 3.12. The van der Waals surface area contributed by atoms with E-state index in [0.29, 0.717) is 17.8 Å². The molecule has 0 aromatic heterocycles. The second-order valence-electron chi connectivity index (χ2n) is 4.76. The predicted octanol–water partition coefficient (Wildman–Crippen LogP) is 2.61. The summed E-state index contributed by atoms with van der Waals surface area (Å²) in [6.45, 7) is 0.480. The molecule has 1 amide bonds. The van der Waals surface area contributed by atoms with Crippen LogP contribution in [0.5, 0.6) is 0 Å². The molecule has 20 heavy (non-hydrogen) atoms. The maximum atomic E-state index is 13.5. The number of carbonyl (C=O) groups is 1. The summed E-state index contributed by atoms with van der Waals surface area (Å²) in [7, 11) is 1.71. The van der Waals surface area contributed by atoms with E-state index in [1.807, 2.05) is 12.1 Å². The lowest BCUT2D eigenvalue weighted by Gasteiger charge is -2.17. The number of benzene rings is 2. The van der Waals surface area contributed by atoms with E-state index in [0.717, 1.165) is 5.56 Å². The number of nitrogen functional groups attached to an aromatic ring is 1. The summed E-state index contributed by atoms with van der Waals surface area (Å²) in [6.07, 6.45) is 0.0676. The zero-order chi connectivity index (χ0) is 14.5. The zero-order valence-corrected chi connectivity index (χ0v) is 11.3. The Labute approximate surface area is 117 Å². The van der Waals surface area contributed by atoms with E-state index in [1.165, 1.54) is 6.07 Å². The highest BCUT2D eigenvalue weighted by Gasteiger charge is 2.12. The first kappa shape index (κ1) is 14.1. The molecule has 0 heterocycles. The topological polar surface area (TPSA) is 46.3 Å². The van der Waals surface area contributed by atoms with Gasteiger partial charge in [-0.1, -0.05) is 30.3 Å². The molecule has 0 aliphatic carbocycles. The van der Waals surface area contributed by atoms with Crippen molar-refractivity contribution in [2.24, 2.45) is 0 Å². The van der Waals surface area contributed by atoms with Gasteiger partial charge in [0.05, 0.1) is 6.42 Å². The molecule has 0 aliphatic heterocycles. The van der Waals surface area contributed by atoms with Gasteiger partial charge in [0.2, 0.25) is 5.91 Å². The Balaban J connectivity index is 1.99. The molecular weight excluding hydrogens is 255 g/mol. The summed E-state index contributed by atoms with van der Waals surface area (Å²) < 4.78 is 13.5. The number of rotatable bonds is 4. The van der Waals surface area contributed by atoms with Crippen LogP contribution in [0.1, 0.15) is 11.1 Å². The zero-order valence-electron chi connectivity index (χ0n) is 11.3. The summed E-state index contributed by atoms with van der Waals surface area (Å²) in [6, 6.07) is 13.7. The van der Waals surface area contributed by atoms with Gasteiger partial charge in [0.1, 0.15) is 5.82 Å². The van der Waals surface area contributed by atoms with E-state index in [2.05, 4.69) is 0 Å². The Kier molecular flexibility index (Phi) is 4.35. The van der Waals surface area contributed by atoms with E-state index in [1.54, 1.807) is 42.3 Å². The first-order chi connectivity index (χ1) is 9.56. The van der Waals surface area contributed by atoms with Gasteiger partial charge in [-0.25, -0.2) is 4.39 Å². The minimum Gasteiger partial charge on any atom is -0.399 e. The van der Waals surface area contributed by atoms with Crippen molar-refractivity contribution in [3.63, 3.8) is 0 Å². The lowest BCUT2D eigenvalue weighted by atomic mass is 10.1. The number of nitrogens with zero attached hydrogens (tertiary/aromatic N) is 1. The largest absolute Gasteiger partial charge is 0.399 e. The van der Waals surface area contributed by atoms with Crippen molar-refractivity contribution >= 4 is 11.6 Å². The van der Waals surface area contributed by atoms with E-state index < -0.39 is 0 Å². The van der Waals surface area contributed by atoms with Crippen molar-refractivity contribution in [2.75, 3.05) is 12.8 Å². The molecular formula is C16H17FN2O. The van der Waals surface area contributed by atoms with E-state index >= 15 is 0 Å². The van der Waals surface area contributed by atoms with Gasteiger partial charge in [-0.05, 0) is 29.3 Å². The maximum absolute atomic E-state index is 13.5. The number of hydrogen-bond donors (Lipinski definition) is 1. The van der Waals surface area contributed by atoms with Crippen LogP contribution < -0.4 is 5.73 Å². The number of nitrogens with two attached hydrogens (primary N) is 1. The predicted molar refractivity (Wildman–Crippen MR) is 77.4 cm³/mol. The van der Waals surface area contributed by atoms with Crippen molar-refractivity contribution in [3.05, 3.63) is 65.5 Å². The Morgan fingerprint density at radius 1 is 1.15 bits per heavy atom. The summed E-state index contributed by atoms with van der Waals surface area (Å²) in [5.41, 5.74) is 7.71. The van der Waals surface area contributed by atoms with Crippen molar-refractivity contribution in [2.45, 2.75) is 13.0 Å². The van der Waals surface area contributed by atoms with Gasteiger partial charge in [0.15, 0.2) is 0 Å². The summed E-state index contributed by atoms with van der Waals surface area (Å²) in [5.74, 6) is -0.464. The average molecular weight is 272 g/mol. The molecule has 0 radical (unpaired) electrons. The second kappa shape index (κ2) is 6.19. The highest BCUT2D eigenvalue weighted by Crippen LogP contribution is 2.11. The second-order valence-corrected chi connectivity index (χ2v) is 4.76. The fraction of sp³-hybridized carbons (Fsp3) is 0.188. The maximum Gasteiger partial charge on any atom is 0.227 e. The van der Waals surface area contributed by atoms with Crippen LogP contribution in [0.15, 0.2) is 48.5 Å². The Morgan fingerprint density at radius 2 is 1.80 bits per heavy atom. The summed E-state index contributed by atoms with van der Waals surface area (Å²) in [4.78, 5) is 13.7. The van der Waals surface area contributed by atoms with Crippen LogP contribution in [0.4, 0.5) is 10.1 Å². The summed E-state index contributed by atoms with van der Waals surface area (Å²) in [5, 5.41) is 0. The Morgan fingerprint density at radius 3 is 2.45 bits per heavy atom. The average Bonchev–Trinajstić information content (AvgIpc) is 2.44. The number of amides is 1. The van der Waals surface area contributed by atoms with E-state index in [9.17, 15) is 9.18 Å². The van der Waals surface area contributed by atoms with Gasteiger partial charge in [0.25, 0.3) is 0 Å². The molecule has 0 spiro atoms. The lowest BCUT2D eigenvalue weighted by Crippen LogP contribution is -2.28. The highest BCUT2D eigenvalue weighted by molar-refractivity contribution is 5.78. The van der Waals surface area contributed by atoms with Crippen LogP contribution in [-0.2, 0) is 17.8 Å². The molecule has 0 unspecified atom stereocenters. The van der Waals surface area contributed by atoms with E-state index in [-0.39, 0.29) is 18.1 Å². The van der Waals surface area contributed by atoms with Crippen LogP contribution in [0.25, 0.3) is 0 Å². The molecule has 4 heteroatoms. The van der Waals surface area contributed by atoms with Gasteiger partial charge in [-0.2, -0.15) is 0 Å². The van der Waals surface area contributed by atoms with Crippen molar-refractivity contribution < 1.29 is 9.18 Å². The molecule has 2 N–H and O–H groups in total. The standard InChI is InChI=1S/C16H17FN2O/c1-19(11-12-6-8-14(18)9-7-12)16(20)10-13-4-2-3-5-15(13)17/h2-9H,10-11,18H2,1H3. The van der Waals surface area contributed by atoms with Crippen molar-refractivity contribution in [1.29, 1.82) is 0 Å². The molecule has 0 saturated carbocycles. The molecule has 2 aromatic carbocycles. The fourth-order valence-corrected chi connectivity index (χ4v) is 1.92. The van der Waals surface area contributed by atoms with Crippen LogP contribution in [-0.4, -0.2) is 17.9 Å². The van der Waals surface area contributed by atoms with E-state index in [4.69, 9.17) is 5.73 Å². The number of halogens is 1. The number of hydrogen-bond acceptors (Lipinski definition) is 2. The molecule has 0 atom stereocenters. The molecule has 104 valence electrons. The van der Waals surface area contributed by atoms with Crippen molar-refractivity contribution in [3.8, 4) is 0 Å². The molecule has 2 rings (SSSR count). The Hall–Kier alpha value is -2.36. The molecule has 0 saturated heterocycles. The third-order valence-electron chi connectivity index (χ3n) is 3.12. The summed E-state index contributed by atoms with van der Waals surface area (Å²) >= 11 is 0. The highest BCUT2D eigenvalue weighted by atomic mass is 19.1. The lowest BCUT2D eigenvalue weighted by molar-refractivity contribution is -0.129. The third kappa shape index (κ3) is 3.57. The monoisotopic (exact) mass is 272 g/mol. The fourth-order valence-electron chi connectivity index (χ4n) is 1.92. The van der Waals surface area contributed by atoms with Gasteiger partial charge in [-0.15, -0.1) is 0 Å². The van der Waals surface area contributed by atoms with Crippen LogP contribution in [0, 0.1) is 5.82 Å². The quantitative estimate of drug-likeness (QED) is 0.870. The van der Waals surface area contributed by atoms with Gasteiger partial charge in [-0.3, -0.25) is 4.79 Å². The van der Waals surface area contributed by atoms with Crippen molar-refractivity contribution in [1.82, 2.24) is 4.90 Å². The molecule has 0 fully saturated rings. The molecule has 0 aliphatic rings.